The average molecular weight is 355 g/mol. The van der Waals surface area contributed by atoms with Gasteiger partial charge in [-0.05, 0) is 61.4 Å². The van der Waals surface area contributed by atoms with E-state index >= 15 is 0 Å². The van der Waals surface area contributed by atoms with Crippen molar-refractivity contribution in [2.75, 3.05) is 0 Å². The Hall–Kier alpha value is -2.43. The van der Waals surface area contributed by atoms with Crippen LogP contribution in [0.5, 0.6) is 0 Å². The first-order valence-corrected chi connectivity index (χ1v) is 9.42. The molecule has 0 amide bonds. The van der Waals surface area contributed by atoms with Gasteiger partial charge in [0, 0.05) is 17.0 Å². The second kappa shape index (κ2) is 5.54. The molecule has 4 aromatic rings. The zero-order chi connectivity index (χ0) is 18.8. The summed E-state index contributed by atoms with van der Waals surface area (Å²) in [5, 5.41) is 5.91. The number of hydrogen-bond acceptors (Lipinski definition) is 3. The van der Waals surface area contributed by atoms with Gasteiger partial charge in [0.1, 0.15) is 0 Å². The van der Waals surface area contributed by atoms with E-state index < -0.39 is 18.3 Å². The van der Waals surface area contributed by atoms with Crippen molar-refractivity contribution >= 4 is 45.0 Å². The molecule has 4 heteroatoms. The Morgan fingerprint density at radius 1 is 0.741 bits per heavy atom. The normalized spacial score (nSPS) is 18.6. The number of fused-ring (bicyclic) bond motifs is 4. The Labute approximate surface area is 159 Å². The summed E-state index contributed by atoms with van der Waals surface area (Å²) in [5.41, 5.74) is 1.18. The molecular formula is C23H22BNO2. The average Bonchev–Trinajstić information content (AvgIpc) is 2.86. The van der Waals surface area contributed by atoms with Crippen molar-refractivity contribution in [2.45, 2.75) is 38.9 Å². The van der Waals surface area contributed by atoms with Crippen LogP contribution in [0.1, 0.15) is 27.7 Å². The summed E-state index contributed by atoms with van der Waals surface area (Å²) in [6, 6.07) is 19.1. The number of nitrogens with zero attached hydrogens (tertiary/aromatic N) is 1. The van der Waals surface area contributed by atoms with Crippen LogP contribution in [0.15, 0.2) is 60.8 Å². The Morgan fingerprint density at radius 3 is 2.22 bits per heavy atom. The third kappa shape index (κ3) is 2.40. The summed E-state index contributed by atoms with van der Waals surface area (Å²) < 4.78 is 12.8. The minimum Gasteiger partial charge on any atom is -0.399 e. The minimum atomic E-state index is -0.447. The third-order valence-corrected chi connectivity index (χ3v) is 6.14. The maximum absolute atomic E-state index is 6.42. The summed E-state index contributed by atoms with van der Waals surface area (Å²) in [6.07, 6.45) is 1.84. The summed E-state index contributed by atoms with van der Waals surface area (Å²) in [7, 11) is -0.447. The Kier molecular flexibility index (Phi) is 3.43. The fourth-order valence-corrected chi connectivity index (χ4v) is 3.93. The molecule has 0 atom stereocenters. The highest BCUT2D eigenvalue weighted by Crippen LogP contribution is 2.38. The predicted octanol–water partition coefficient (Wildman–Crippen LogP) is 4.84. The first-order chi connectivity index (χ1) is 12.9. The van der Waals surface area contributed by atoms with Crippen molar-refractivity contribution in [3.63, 3.8) is 0 Å². The predicted molar refractivity (Wildman–Crippen MR) is 112 cm³/mol. The van der Waals surface area contributed by atoms with E-state index in [2.05, 4.69) is 76.2 Å². The van der Waals surface area contributed by atoms with E-state index in [1.54, 1.807) is 0 Å². The van der Waals surface area contributed by atoms with Gasteiger partial charge in [-0.15, -0.1) is 0 Å². The van der Waals surface area contributed by atoms with Gasteiger partial charge >= 0.3 is 7.12 Å². The second-order valence-corrected chi connectivity index (χ2v) is 8.34. The molecule has 3 nitrogen and oxygen atoms in total. The van der Waals surface area contributed by atoms with Crippen LogP contribution in [0.25, 0.3) is 32.4 Å². The monoisotopic (exact) mass is 355 g/mol. The molecule has 1 aliphatic heterocycles. The van der Waals surface area contributed by atoms with Gasteiger partial charge in [0.15, 0.2) is 0 Å². The van der Waals surface area contributed by atoms with Crippen molar-refractivity contribution in [1.29, 1.82) is 0 Å². The summed E-state index contributed by atoms with van der Waals surface area (Å²) in [6.45, 7) is 8.35. The summed E-state index contributed by atoms with van der Waals surface area (Å²) in [5.74, 6) is 0. The molecule has 1 fully saturated rings. The van der Waals surface area contributed by atoms with Gasteiger partial charge in [-0.3, -0.25) is 4.98 Å². The third-order valence-electron chi connectivity index (χ3n) is 6.14. The van der Waals surface area contributed by atoms with Crippen LogP contribution in [-0.2, 0) is 9.31 Å². The van der Waals surface area contributed by atoms with Gasteiger partial charge in [-0.1, -0.05) is 42.5 Å². The fraction of sp³-hybridized carbons (Fsp3) is 0.261. The molecule has 1 saturated heterocycles. The molecule has 3 aromatic carbocycles. The molecule has 0 saturated carbocycles. The lowest BCUT2D eigenvalue weighted by molar-refractivity contribution is 0.00578. The molecule has 1 aromatic heterocycles. The van der Waals surface area contributed by atoms with Gasteiger partial charge in [0.05, 0.1) is 16.7 Å². The van der Waals surface area contributed by atoms with Crippen molar-refractivity contribution in [2.24, 2.45) is 0 Å². The minimum absolute atomic E-state index is 0.391. The van der Waals surface area contributed by atoms with E-state index in [0.29, 0.717) is 0 Å². The Morgan fingerprint density at radius 2 is 1.44 bits per heavy atom. The maximum atomic E-state index is 6.42. The lowest BCUT2D eigenvalue weighted by Crippen LogP contribution is -2.41. The molecule has 0 spiro atoms. The van der Waals surface area contributed by atoms with Crippen LogP contribution in [0.4, 0.5) is 0 Å². The number of benzene rings is 3. The van der Waals surface area contributed by atoms with E-state index in [1.165, 1.54) is 16.2 Å². The smallest absolute Gasteiger partial charge is 0.399 e. The number of rotatable bonds is 1. The van der Waals surface area contributed by atoms with Gasteiger partial charge in [-0.25, -0.2) is 0 Å². The van der Waals surface area contributed by atoms with Crippen molar-refractivity contribution < 1.29 is 9.31 Å². The first kappa shape index (κ1) is 16.7. The molecule has 1 aliphatic rings. The SMILES string of the molecule is CC1(C)OB(c2c3ccc4ccccc4c3cc3cccnc23)OC1(C)C. The van der Waals surface area contributed by atoms with Crippen LogP contribution in [0.3, 0.4) is 0 Å². The summed E-state index contributed by atoms with van der Waals surface area (Å²) in [4.78, 5) is 4.69. The van der Waals surface area contributed by atoms with E-state index in [0.717, 1.165) is 21.8 Å². The largest absolute Gasteiger partial charge is 0.497 e. The van der Waals surface area contributed by atoms with Crippen LogP contribution in [0.2, 0.25) is 0 Å². The highest BCUT2D eigenvalue weighted by Gasteiger charge is 2.52. The molecule has 2 heterocycles. The van der Waals surface area contributed by atoms with Crippen LogP contribution in [-0.4, -0.2) is 23.3 Å². The van der Waals surface area contributed by atoms with Crippen LogP contribution in [0, 0.1) is 0 Å². The second-order valence-electron chi connectivity index (χ2n) is 8.34. The van der Waals surface area contributed by atoms with E-state index in [4.69, 9.17) is 14.3 Å². The molecular weight excluding hydrogens is 333 g/mol. The zero-order valence-corrected chi connectivity index (χ0v) is 16.1. The molecule has 5 rings (SSSR count). The van der Waals surface area contributed by atoms with Gasteiger partial charge in [0.25, 0.3) is 0 Å². The Bertz CT molecular complexity index is 1180. The van der Waals surface area contributed by atoms with Crippen molar-refractivity contribution in [1.82, 2.24) is 4.98 Å². The quantitative estimate of drug-likeness (QED) is 0.278. The number of aromatic nitrogens is 1. The van der Waals surface area contributed by atoms with E-state index in [9.17, 15) is 0 Å². The molecule has 0 unspecified atom stereocenters. The topological polar surface area (TPSA) is 31.4 Å². The molecule has 0 bridgehead atoms. The zero-order valence-electron chi connectivity index (χ0n) is 16.1. The van der Waals surface area contributed by atoms with Crippen molar-refractivity contribution in [3.05, 3.63) is 60.8 Å². The molecule has 0 radical (unpaired) electrons. The fourth-order valence-electron chi connectivity index (χ4n) is 3.93. The molecule has 27 heavy (non-hydrogen) atoms. The first-order valence-electron chi connectivity index (χ1n) is 9.42. The van der Waals surface area contributed by atoms with E-state index in [1.807, 2.05) is 12.3 Å². The lowest BCUT2D eigenvalue weighted by atomic mass is 9.74. The lowest BCUT2D eigenvalue weighted by Gasteiger charge is -2.32. The number of hydrogen-bond donors (Lipinski definition) is 0. The van der Waals surface area contributed by atoms with Crippen LogP contribution < -0.4 is 5.46 Å². The molecule has 0 N–H and O–H groups in total. The van der Waals surface area contributed by atoms with Crippen molar-refractivity contribution in [3.8, 4) is 0 Å². The van der Waals surface area contributed by atoms with Crippen LogP contribution >= 0.6 is 0 Å². The molecule has 0 aliphatic carbocycles. The van der Waals surface area contributed by atoms with Gasteiger partial charge in [0.2, 0.25) is 0 Å². The van der Waals surface area contributed by atoms with Gasteiger partial charge in [-0.2, -0.15) is 0 Å². The van der Waals surface area contributed by atoms with E-state index in [-0.39, 0.29) is 0 Å². The Balaban J connectivity index is 1.88. The maximum Gasteiger partial charge on any atom is 0.497 e. The van der Waals surface area contributed by atoms with Gasteiger partial charge < -0.3 is 9.31 Å². The molecule has 134 valence electrons. The number of pyridine rings is 1. The summed E-state index contributed by atoms with van der Waals surface area (Å²) >= 11 is 0. The standard InChI is InChI=1S/C23H22BNO2/c1-22(2)23(3,4)27-24(26-22)20-18-12-11-15-8-5-6-10-17(15)19(18)14-16-9-7-13-25-21(16)20/h5-14H,1-4H3. The highest BCUT2D eigenvalue weighted by atomic mass is 16.7. The highest BCUT2D eigenvalue weighted by molar-refractivity contribution is 6.68.